The molecule has 4 aliphatic rings. The molecule has 3 aromatic rings. The minimum Gasteiger partial charge on any atom is -0.504 e. The lowest BCUT2D eigenvalue weighted by Crippen LogP contribution is -2.59. The highest BCUT2D eigenvalue weighted by molar-refractivity contribution is 6.31. The standard InChI is InChI=1S/C39H35NO6/c1-3-40-37(44)27-17-16-26-29(35(27)38(40)45)21-31-36(43)28(24-10-6-4-7-11-24)22-34(42)39(31,25-12-8-5-9-13-25)30(26)18-14-23-15-19-32(41)33(20-23)46-2/h4-16,18-20,22,27,29-31,35,41H,3,17,21H2,1-2H3/t27-,29+,30-,31-,35-,39-/m0/s1. The van der Waals surface area contributed by atoms with Crippen molar-refractivity contribution in [2.75, 3.05) is 13.7 Å². The van der Waals surface area contributed by atoms with E-state index in [4.69, 9.17) is 4.74 Å². The van der Waals surface area contributed by atoms with Gasteiger partial charge in [0.25, 0.3) is 0 Å². The first-order valence-corrected chi connectivity index (χ1v) is 15.8. The van der Waals surface area contributed by atoms with E-state index in [0.29, 0.717) is 29.9 Å². The smallest absolute Gasteiger partial charge is 0.233 e. The number of nitrogens with zero attached hydrogens (tertiary/aromatic N) is 1. The fourth-order valence-corrected chi connectivity index (χ4v) is 8.50. The summed E-state index contributed by atoms with van der Waals surface area (Å²) < 4.78 is 5.34. The van der Waals surface area contributed by atoms with Crippen molar-refractivity contribution < 1.29 is 29.0 Å². The summed E-state index contributed by atoms with van der Waals surface area (Å²) in [6, 6.07) is 23.8. The number of hydrogen-bond acceptors (Lipinski definition) is 6. The molecule has 1 aliphatic heterocycles. The molecule has 1 saturated carbocycles. The van der Waals surface area contributed by atoms with Crippen LogP contribution in [0.25, 0.3) is 11.6 Å². The average molecular weight is 614 g/mol. The number of amides is 2. The number of hydrogen-bond donors (Lipinski definition) is 1. The minimum absolute atomic E-state index is 0.00996. The second-order valence-electron chi connectivity index (χ2n) is 12.5. The third-order valence-corrected chi connectivity index (χ3v) is 10.5. The van der Waals surface area contributed by atoms with Crippen LogP contribution in [-0.4, -0.2) is 47.0 Å². The van der Waals surface area contributed by atoms with E-state index >= 15 is 0 Å². The summed E-state index contributed by atoms with van der Waals surface area (Å²) in [6.07, 6.45) is 8.11. The van der Waals surface area contributed by atoms with E-state index in [1.165, 1.54) is 18.1 Å². The number of imide groups is 1. The molecule has 7 heteroatoms. The van der Waals surface area contributed by atoms with Crippen molar-refractivity contribution in [3.8, 4) is 11.5 Å². The Kier molecular flexibility index (Phi) is 7.35. The molecule has 2 fully saturated rings. The number of phenols is 1. The largest absolute Gasteiger partial charge is 0.504 e. The number of fused-ring (bicyclic) bond motifs is 4. The lowest BCUT2D eigenvalue weighted by atomic mass is 9.45. The Morgan fingerprint density at radius 3 is 2.35 bits per heavy atom. The zero-order valence-corrected chi connectivity index (χ0v) is 25.8. The fourth-order valence-electron chi connectivity index (χ4n) is 8.50. The Labute approximate surface area is 267 Å². The average Bonchev–Trinajstić information content (AvgIpc) is 3.34. The summed E-state index contributed by atoms with van der Waals surface area (Å²) in [5.41, 5.74) is 2.18. The third-order valence-electron chi connectivity index (χ3n) is 10.5. The summed E-state index contributed by atoms with van der Waals surface area (Å²) in [7, 11) is 1.48. The number of likely N-dealkylation sites (tertiary alicyclic amines) is 1. The van der Waals surface area contributed by atoms with Crippen LogP contribution in [-0.2, 0) is 24.6 Å². The molecule has 232 valence electrons. The maximum absolute atomic E-state index is 14.9. The molecule has 2 amide bonds. The van der Waals surface area contributed by atoms with Gasteiger partial charge in [-0.3, -0.25) is 24.1 Å². The number of allylic oxidation sites excluding steroid dienone is 5. The number of rotatable bonds is 6. The summed E-state index contributed by atoms with van der Waals surface area (Å²) in [5.74, 6) is -3.13. The van der Waals surface area contributed by atoms with Gasteiger partial charge >= 0.3 is 0 Å². The van der Waals surface area contributed by atoms with Crippen LogP contribution in [0.2, 0.25) is 0 Å². The van der Waals surface area contributed by atoms with Crippen LogP contribution in [0.5, 0.6) is 11.5 Å². The van der Waals surface area contributed by atoms with E-state index in [1.54, 1.807) is 25.1 Å². The number of methoxy groups -OCH3 is 1. The summed E-state index contributed by atoms with van der Waals surface area (Å²) in [5, 5.41) is 10.2. The van der Waals surface area contributed by atoms with E-state index in [2.05, 4.69) is 6.08 Å². The highest BCUT2D eigenvalue weighted by atomic mass is 16.5. The first-order chi connectivity index (χ1) is 22.3. The van der Waals surface area contributed by atoms with E-state index in [0.717, 1.165) is 16.7 Å². The second kappa shape index (κ2) is 11.4. The summed E-state index contributed by atoms with van der Waals surface area (Å²) >= 11 is 0. The summed E-state index contributed by atoms with van der Waals surface area (Å²) in [4.78, 5) is 58.2. The van der Waals surface area contributed by atoms with Crippen LogP contribution in [0.15, 0.2) is 103 Å². The lowest BCUT2D eigenvalue weighted by Gasteiger charge is -2.54. The Balaban J connectivity index is 1.46. The molecule has 7 nitrogen and oxygen atoms in total. The molecule has 1 heterocycles. The van der Waals surface area contributed by atoms with Crippen molar-refractivity contribution >= 4 is 35.0 Å². The molecule has 0 bridgehead atoms. The molecule has 1 N–H and O–H groups in total. The molecule has 0 aromatic heterocycles. The number of ketones is 2. The Bertz CT molecular complexity index is 1840. The van der Waals surface area contributed by atoms with E-state index < -0.39 is 29.1 Å². The highest BCUT2D eigenvalue weighted by Gasteiger charge is 2.64. The third kappa shape index (κ3) is 4.32. The Morgan fingerprint density at radius 1 is 0.935 bits per heavy atom. The molecule has 0 unspecified atom stereocenters. The maximum atomic E-state index is 14.9. The Hall–Kier alpha value is -5.04. The molecule has 1 saturated heterocycles. The van der Waals surface area contributed by atoms with Gasteiger partial charge < -0.3 is 9.84 Å². The van der Waals surface area contributed by atoms with Crippen LogP contribution < -0.4 is 4.74 Å². The highest BCUT2D eigenvalue weighted by Crippen LogP contribution is 2.61. The SMILES string of the molecule is CCN1C(=O)[C@H]2[C@H](CC=C3[C@H]2C[C@H]2C(=O)C(c4ccccc4)=CC(=O)[C@@]2(c2ccccc2)[C@H]3C=Cc2ccc(O)c(OC)c2)C1=O. The molecule has 0 spiro atoms. The molecule has 46 heavy (non-hydrogen) atoms. The van der Waals surface area contributed by atoms with Crippen LogP contribution in [0.4, 0.5) is 0 Å². The first kappa shape index (κ1) is 29.7. The number of carbonyl (C=O) groups is 4. The van der Waals surface area contributed by atoms with Crippen LogP contribution >= 0.6 is 0 Å². The molecule has 3 aliphatic carbocycles. The lowest BCUT2D eigenvalue weighted by molar-refractivity contribution is -0.140. The topological polar surface area (TPSA) is 101 Å². The number of aromatic hydroxyl groups is 1. The van der Waals surface area contributed by atoms with Crippen molar-refractivity contribution in [2.45, 2.75) is 25.2 Å². The fraction of sp³-hybridized carbons (Fsp3) is 0.282. The molecular formula is C39H35NO6. The monoisotopic (exact) mass is 613 g/mol. The van der Waals surface area contributed by atoms with Gasteiger partial charge in [0, 0.05) is 24.0 Å². The van der Waals surface area contributed by atoms with Crippen molar-refractivity contribution in [1.82, 2.24) is 4.90 Å². The van der Waals surface area contributed by atoms with Crippen molar-refractivity contribution in [3.05, 3.63) is 119 Å². The van der Waals surface area contributed by atoms with Crippen LogP contribution in [0, 0.1) is 29.6 Å². The summed E-state index contributed by atoms with van der Waals surface area (Å²) in [6.45, 7) is 2.11. The number of carbonyl (C=O) groups excluding carboxylic acids is 4. The molecule has 3 aromatic carbocycles. The first-order valence-electron chi connectivity index (χ1n) is 15.8. The molecule has 0 radical (unpaired) electrons. The van der Waals surface area contributed by atoms with Crippen molar-refractivity contribution in [1.29, 1.82) is 0 Å². The number of Topliss-reactive ketones (excluding diaryl/α,β-unsaturated/α-hetero) is 1. The predicted molar refractivity (Wildman–Crippen MR) is 173 cm³/mol. The van der Waals surface area contributed by atoms with Gasteiger partial charge in [-0.2, -0.15) is 0 Å². The van der Waals surface area contributed by atoms with Crippen LogP contribution in [0.1, 0.15) is 36.5 Å². The van der Waals surface area contributed by atoms with Gasteiger partial charge in [0.05, 0.1) is 24.4 Å². The molecule has 6 atom stereocenters. The number of ether oxygens (including phenoxy) is 1. The van der Waals surface area contributed by atoms with E-state index in [1.807, 2.05) is 72.8 Å². The van der Waals surface area contributed by atoms with Crippen molar-refractivity contribution in [3.63, 3.8) is 0 Å². The van der Waals surface area contributed by atoms with Gasteiger partial charge in [0.15, 0.2) is 23.1 Å². The molecule has 7 rings (SSSR count). The zero-order valence-electron chi connectivity index (χ0n) is 25.8. The van der Waals surface area contributed by atoms with Gasteiger partial charge in [-0.15, -0.1) is 0 Å². The van der Waals surface area contributed by atoms with Gasteiger partial charge in [0.1, 0.15) is 0 Å². The minimum atomic E-state index is -1.26. The maximum Gasteiger partial charge on any atom is 0.233 e. The van der Waals surface area contributed by atoms with E-state index in [-0.39, 0.29) is 41.5 Å². The van der Waals surface area contributed by atoms with Gasteiger partial charge in [-0.05, 0) is 60.6 Å². The quantitative estimate of drug-likeness (QED) is 0.279. The van der Waals surface area contributed by atoms with Crippen LogP contribution in [0.3, 0.4) is 0 Å². The zero-order chi connectivity index (χ0) is 32.2. The van der Waals surface area contributed by atoms with E-state index in [9.17, 15) is 24.3 Å². The predicted octanol–water partition coefficient (Wildman–Crippen LogP) is 5.79. The van der Waals surface area contributed by atoms with Crippen molar-refractivity contribution in [2.24, 2.45) is 29.6 Å². The number of phenolic OH excluding ortho intramolecular Hbond substituents is 1. The van der Waals surface area contributed by atoms with Gasteiger partial charge in [0.2, 0.25) is 11.8 Å². The van der Waals surface area contributed by atoms with Gasteiger partial charge in [-0.25, -0.2) is 0 Å². The number of benzene rings is 3. The Morgan fingerprint density at radius 2 is 1.65 bits per heavy atom. The molecular weight excluding hydrogens is 578 g/mol. The second-order valence-corrected chi connectivity index (χ2v) is 12.5. The van der Waals surface area contributed by atoms with Gasteiger partial charge in [-0.1, -0.05) is 90.5 Å². The normalized spacial score (nSPS) is 28.8.